The van der Waals surface area contributed by atoms with Gasteiger partial charge < -0.3 is 5.32 Å². The third-order valence-corrected chi connectivity index (χ3v) is 3.73. The van der Waals surface area contributed by atoms with Crippen LogP contribution >= 0.6 is 15.9 Å². The van der Waals surface area contributed by atoms with Gasteiger partial charge in [-0.3, -0.25) is 9.89 Å². The van der Waals surface area contributed by atoms with Crippen molar-refractivity contribution in [1.82, 2.24) is 10.2 Å². The number of carbonyl (C=O) groups excluding carboxylic acids is 1. The summed E-state index contributed by atoms with van der Waals surface area (Å²) in [5.74, 6) is 0.683. The van der Waals surface area contributed by atoms with E-state index < -0.39 is 0 Å². The molecule has 0 bridgehead atoms. The number of aromatic nitrogens is 2. The molecule has 0 fully saturated rings. The average Bonchev–Trinajstić information content (AvgIpc) is 2.86. The van der Waals surface area contributed by atoms with Gasteiger partial charge in [0.15, 0.2) is 5.82 Å². The first-order valence-corrected chi connectivity index (χ1v) is 7.55. The molecule has 2 N–H and O–H groups in total. The molecule has 5 heteroatoms. The topological polar surface area (TPSA) is 57.8 Å². The van der Waals surface area contributed by atoms with Gasteiger partial charge in [0.05, 0.1) is 0 Å². The van der Waals surface area contributed by atoms with Crippen molar-refractivity contribution in [3.63, 3.8) is 0 Å². The van der Waals surface area contributed by atoms with Gasteiger partial charge in [-0.25, -0.2) is 0 Å². The molecule has 1 aromatic heterocycles. The van der Waals surface area contributed by atoms with Gasteiger partial charge >= 0.3 is 0 Å². The lowest BCUT2D eigenvalue weighted by molar-refractivity contribution is -0.111. The second kappa shape index (κ2) is 6.72. The molecule has 2 rings (SSSR count). The molecule has 0 saturated heterocycles. The van der Waals surface area contributed by atoms with Crippen LogP contribution in [0.15, 0.2) is 34.8 Å². The van der Waals surface area contributed by atoms with E-state index in [1.54, 1.807) is 6.08 Å². The maximum atomic E-state index is 11.9. The zero-order valence-corrected chi connectivity index (χ0v) is 13.9. The number of nitrogens with one attached hydrogen (secondary N) is 2. The highest BCUT2D eigenvalue weighted by molar-refractivity contribution is 9.10. The van der Waals surface area contributed by atoms with E-state index in [9.17, 15) is 4.79 Å². The van der Waals surface area contributed by atoms with E-state index in [4.69, 9.17) is 0 Å². The summed E-state index contributed by atoms with van der Waals surface area (Å²) in [6, 6.07) is 7.83. The van der Waals surface area contributed by atoms with Gasteiger partial charge in [-0.15, -0.1) is 0 Å². The number of H-pyrrole nitrogens is 1. The first-order chi connectivity index (χ1) is 9.95. The number of aromatic amines is 1. The number of halogens is 1. The predicted molar refractivity (Wildman–Crippen MR) is 89.2 cm³/mol. The predicted octanol–water partition coefficient (Wildman–Crippen LogP) is 4.26. The molecule has 110 valence electrons. The second-order valence-corrected chi connectivity index (χ2v) is 6.07. The van der Waals surface area contributed by atoms with Crippen LogP contribution in [-0.4, -0.2) is 16.1 Å². The summed E-state index contributed by atoms with van der Waals surface area (Å²) in [4.78, 5) is 11.9. The van der Waals surface area contributed by atoms with Crippen LogP contribution < -0.4 is 5.32 Å². The molecule has 21 heavy (non-hydrogen) atoms. The normalized spacial score (nSPS) is 11.3. The van der Waals surface area contributed by atoms with Crippen LogP contribution in [0, 0.1) is 6.92 Å². The Labute approximate surface area is 132 Å². The van der Waals surface area contributed by atoms with Gasteiger partial charge in [-0.1, -0.05) is 41.9 Å². The highest BCUT2D eigenvalue weighted by atomic mass is 79.9. The fraction of sp³-hybridized carbons (Fsp3) is 0.250. The summed E-state index contributed by atoms with van der Waals surface area (Å²) in [5.41, 5.74) is 3.12. The number of nitrogens with zero attached hydrogens (tertiary/aromatic N) is 1. The highest BCUT2D eigenvalue weighted by Crippen LogP contribution is 2.20. The molecule has 0 radical (unpaired) electrons. The first-order valence-electron chi connectivity index (χ1n) is 6.76. The number of carbonyl (C=O) groups is 1. The standard InChI is InChI=1S/C16H18BrN3O/c1-10(2)14-9-15(20-19-14)18-16(21)7-6-12-5-4-11(3)8-13(12)17/h4-10H,1-3H3,(H2,18,19,20,21)/b7-6+. The number of rotatable bonds is 4. The number of benzene rings is 1. The molecule has 0 aliphatic heterocycles. The summed E-state index contributed by atoms with van der Waals surface area (Å²) in [7, 11) is 0. The molecule has 1 aromatic carbocycles. The molecular formula is C16H18BrN3O. The van der Waals surface area contributed by atoms with Crippen molar-refractivity contribution in [2.24, 2.45) is 0 Å². The number of aryl methyl sites for hydroxylation is 1. The average molecular weight is 348 g/mol. The van der Waals surface area contributed by atoms with Gasteiger partial charge in [0, 0.05) is 22.3 Å². The van der Waals surface area contributed by atoms with Gasteiger partial charge in [0.2, 0.25) is 5.91 Å². The van der Waals surface area contributed by atoms with Gasteiger partial charge in [-0.2, -0.15) is 5.10 Å². The second-order valence-electron chi connectivity index (χ2n) is 5.21. The van der Waals surface area contributed by atoms with Crippen molar-refractivity contribution in [3.8, 4) is 0 Å². The minimum absolute atomic E-state index is 0.204. The Morgan fingerprint density at radius 2 is 2.14 bits per heavy atom. The van der Waals surface area contributed by atoms with E-state index in [0.717, 1.165) is 15.7 Å². The van der Waals surface area contributed by atoms with Crippen molar-refractivity contribution in [1.29, 1.82) is 0 Å². The van der Waals surface area contributed by atoms with Gasteiger partial charge in [-0.05, 0) is 36.1 Å². The number of amides is 1. The third kappa shape index (κ3) is 4.29. The monoisotopic (exact) mass is 347 g/mol. The van der Waals surface area contributed by atoms with Crippen molar-refractivity contribution in [2.45, 2.75) is 26.7 Å². The summed E-state index contributed by atoms with van der Waals surface area (Å²) >= 11 is 3.48. The van der Waals surface area contributed by atoms with Crippen LogP contribution in [0.5, 0.6) is 0 Å². The van der Waals surface area contributed by atoms with Crippen LogP contribution in [0.25, 0.3) is 6.08 Å². The largest absolute Gasteiger partial charge is 0.306 e. The Morgan fingerprint density at radius 1 is 1.38 bits per heavy atom. The van der Waals surface area contributed by atoms with Crippen molar-refractivity contribution >= 4 is 33.7 Å². The quantitative estimate of drug-likeness (QED) is 0.812. The van der Waals surface area contributed by atoms with Crippen LogP contribution in [0.1, 0.15) is 36.6 Å². The fourth-order valence-corrected chi connectivity index (χ4v) is 2.42. The van der Waals surface area contributed by atoms with Crippen LogP contribution in [0.3, 0.4) is 0 Å². The molecule has 0 aliphatic rings. The highest BCUT2D eigenvalue weighted by Gasteiger charge is 2.06. The van der Waals surface area contributed by atoms with Gasteiger partial charge in [0.1, 0.15) is 0 Å². The van der Waals surface area contributed by atoms with Crippen LogP contribution in [-0.2, 0) is 4.79 Å². The Bertz CT molecular complexity index is 674. The molecular weight excluding hydrogens is 330 g/mol. The maximum Gasteiger partial charge on any atom is 0.249 e. The summed E-state index contributed by atoms with van der Waals surface area (Å²) < 4.78 is 0.966. The van der Waals surface area contributed by atoms with Crippen molar-refractivity contribution < 1.29 is 4.79 Å². The van der Waals surface area contributed by atoms with Crippen LogP contribution in [0.4, 0.5) is 5.82 Å². The molecule has 0 spiro atoms. The fourth-order valence-electron chi connectivity index (χ4n) is 1.80. The van der Waals surface area contributed by atoms with E-state index in [2.05, 4.69) is 45.3 Å². The first kappa shape index (κ1) is 15.5. The molecule has 2 aromatic rings. The van der Waals surface area contributed by atoms with Crippen molar-refractivity contribution in [2.75, 3.05) is 5.32 Å². The zero-order valence-electron chi connectivity index (χ0n) is 12.3. The molecule has 0 unspecified atom stereocenters. The molecule has 1 amide bonds. The van der Waals surface area contributed by atoms with E-state index in [1.807, 2.05) is 31.2 Å². The summed E-state index contributed by atoms with van der Waals surface area (Å²) in [5, 5.41) is 9.70. The Balaban J connectivity index is 2.02. The number of anilines is 1. The molecule has 0 atom stereocenters. The van der Waals surface area contributed by atoms with E-state index in [-0.39, 0.29) is 5.91 Å². The lowest BCUT2D eigenvalue weighted by Gasteiger charge is -2.00. The lowest BCUT2D eigenvalue weighted by atomic mass is 10.1. The molecule has 0 aliphatic carbocycles. The maximum absolute atomic E-state index is 11.9. The number of hydrogen-bond acceptors (Lipinski definition) is 2. The molecule has 4 nitrogen and oxygen atoms in total. The van der Waals surface area contributed by atoms with Gasteiger partial charge in [0.25, 0.3) is 0 Å². The van der Waals surface area contributed by atoms with E-state index >= 15 is 0 Å². The minimum atomic E-state index is -0.204. The third-order valence-electron chi connectivity index (χ3n) is 3.04. The summed E-state index contributed by atoms with van der Waals surface area (Å²) in [6.45, 7) is 6.15. The Morgan fingerprint density at radius 3 is 2.76 bits per heavy atom. The Hall–Kier alpha value is -1.88. The lowest BCUT2D eigenvalue weighted by Crippen LogP contribution is -2.07. The summed E-state index contributed by atoms with van der Waals surface area (Å²) in [6.07, 6.45) is 3.27. The Kier molecular flexibility index (Phi) is 4.96. The number of hydrogen-bond donors (Lipinski definition) is 2. The minimum Gasteiger partial charge on any atom is -0.306 e. The van der Waals surface area contributed by atoms with Crippen LogP contribution in [0.2, 0.25) is 0 Å². The SMILES string of the molecule is Cc1ccc(/C=C/C(=O)Nc2cc(C(C)C)[nH]n2)c(Br)c1. The van der Waals surface area contributed by atoms with E-state index in [1.165, 1.54) is 11.6 Å². The molecule has 1 heterocycles. The van der Waals surface area contributed by atoms with E-state index in [0.29, 0.717) is 11.7 Å². The smallest absolute Gasteiger partial charge is 0.249 e. The molecule has 0 saturated carbocycles. The zero-order chi connectivity index (χ0) is 15.4. The van der Waals surface area contributed by atoms with Crippen molar-refractivity contribution in [3.05, 3.63) is 51.6 Å².